The molecule has 0 aliphatic rings. The van der Waals surface area contributed by atoms with Gasteiger partial charge in [-0.1, -0.05) is 132 Å². The third kappa shape index (κ3) is 4.91. The second kappa shape index (κ2) is 12.1. The summed E-state index contributed by atoms with van der Waals surface area (Å²) in [5.41, 5.74) is 6.29. The normalized spacial score (nSPS) is 11.7. The second-order valence-corrected chi connectivity index (χ2v) is 14.6. The Morgan fingerprint density at radius 3 is 1.23 bits per heavy atom. The monoisotopic (exact) mass is 692 g/mol. The molecule has 6 heteroatoms. The molecule has 0 amide bonds. The fourth-order valence-electron chi connectivity index (χ4n) is 6.68. The van der Waals surface area contributed by atoms with Gasteiger partial charge in [0, 0.05) is 41.1 Å². The van der Waals surface area contributed by atoms with Crippen LogP contribution in [-0.2, 0) is 0 Å². The topological polar surface area (TPSA) is 9.86 Å². The molecule has 9 rings (SSSR count). The first kappa shape index (κ1) is 29.6. The van der Waals surface area contributed by atoms with E-state index in [1.54, 1.807) is 23.5 Å². The number of halogens is 2. The summed E-state index contributed by atoms with van der Waals surface area (Å²) in [4.78, 5) is 4.33. The van der Waals surface area contributed by atoms with Crippen molar-refractivity contribution in [3.8, 4) is 11.4 Å². The lowest BCUT2D eigenvalue weighted by molar-refractivity contribution is 1.15. The Hall–Kier alpha value is -4.58. The summed E-state index contributed by atoms with van der Waals surface area (Å²) in [6.45, 7) is 0. The number of para-hydroxylation sites is 2. The Morgan fingerprint density at radius 1 is 0.354 bits per heavy atom. The predicted molar refractivity (Wildman–Crippen MR) is 206 cm³/mol. The van der Waals surface area contributed by atoms with E-state index < -0.39 is 0 Å². The van der Waals surface area contributed by atoms with Gasteiger partial charge in [-0.15, -0.1) is 0 Å². The molecule has 0 saturated heterocycles. The minimum Gasteiger partial charge on any atom is -0.308 e. The zero-order valence-corrected chi connectivity index (χ0v) is 28.6. The van der Waals surface area contributed by atoms with Crippen molar-refractivity contribution in [2.45, 2.75) is 19.6 Å². The van der Waals surface area contributed by atoms with Crippen LogP contribution in [0, 0.1) is 0 Å². The molecule has 230 valence electrons. The quantitative estimate of drug-likeness (QED) is 0.172. The predicted octanol–water partition coefficient (Wildman–Crippen LogP) is 13.5. The molecule has 0 spiro atoms. The summed E-state index contributed by atoms with van der Waals surface area (Å²) in [5.74, 6) is 0. The molecule has 2 heterocycles. The molecule has 0 N–H and O–H groups in total. The molecular formula is C42H26Cl2N2S2. The highest BCUT2D eigenvalue weighted by Crippen LogP contribution is 2.44. The van der Waals surface area contributed by atoms with Crippen LogP contribution >= 0.6 is 46.7 Å². The van der Waals surface area contributed by atoms with Gasteiger partial charge < -0.3 is 9.13 Å². The van der Waals surface area contributed by atoms with Crippen molar-refractivity contribution in [2.24, 2.45) is 0 Å². The van der Waals surface area contributed by atoms with E-state index in [0.29, 0.717) is 0 Å². The van der Waals surface area contributed by atoms with E-state index in [9.17, 15) is 0 Å². The maximum atomic E-state index is 7.30. The lowest BCUT2D eigenvalue weighted by Crippen LogP contribution is -1.98. The van der Waals surface area contributed by atoms with Gasteiger partial charge in [0.2, 0.25) is 0 Å². The van der Waals surface area contributed by atoms with Gasteiger partial charge >= 0.3 is 0 Å². The number of benzene rings is 7. The molecule has 48 heavy (non-hydrogen) atoms. The molecule has 0 aliphatic heterocycles. The van der Waals surface area contributed by atoms with Gasteiger partial charge in [0.15, 0.2) is 0 Å². The summed E-state index contributed by atoms with van der Waals surface area (Å²) in [6, 6.07) is 55.2. The van der Waals surface area contributed by atoms with Gasteiger partial charge in [-0.2, -0.15) is 0 Å². The fourth-order valence-corrected chi connectivity index (χ4v) is 9.11. The van der Waals surface area contributed by atoms with Gasteiger partial charge in [-0.25, -0.2) is 0 Å². The average molecular weight is 694 g/mol. The van der Waals surface area contributed by atoms with E-state index in [-0.39, 0.29) is 0 Å². The second-order valence-electron chi connectivity index (χ2n) is 11.6. The standard InChI is InChI=1S/C42H26Cl2N2S2/c43-41-35(21-11-23-39(41)47-27-13-3-1-4-14-27)45-33-19-9-7-17-29(33)31-25-32-30-18-8-10-20-34(30)46(38(32)26-37(31)45)36-22-12-24-40(42(36)44)48-28-15-5-2-6-16-28/h1-26H. The van der Waals surface area contributed by atoms with Gasteiger partial charge in [0.05, 0.1) is 43.5 Å². The fraction of sp³-hybridized carbons (Fsp3) is 0. The maximum absolute atomic E-state index is 7.30. The first-order valence-electron chi connectivity index (χ1n) is 15.7. The van der Waals surface area contributed by atoms with Crippen molar-refractivity contribution < 1.29 is 0 Å². The summed E-state index contributed by atoms with van der Waals surface area (Å²) < 4.78 is 4.62. The number of hydrogen-bond acceptors (Lipinski definition) is 2. The van der Waals surface area contributed by atoms with Crippen LogP contribution in [0.15, 0.2) is 177 Å². The van der Waals surface area contributed by atoms with Crippen LogP contribution in [0.2, 0.25) is 10.0 Å². The molecule has 0 fully saturated rings. The number of hydrogen-bond donors (Lipinski definition) is 0. The number of aromatic nitrogens is 2. The molecule has 7 aromatic carbocycles. The van der Waals surface area contributed by atoms with Crippen LogP contribution < -0.4 is 0 Å². The van der Waals surface area contributed by atoms with Crippen LogP contribution in [0.3, 0.4) is 0 Å². The van der Waals surface area contributed by atoms with Crippen molar-refractivity contribution in [3.05, 3.63) is 168 Å². The van der Waals surface area contributed by atoms with Crippen LogP contribution in [0.5, 0.6) is 0 Å². The molecule has 0 bridgehead atoms. The minimum atomic E-state index is 0.725. The molecule has 2 nitrogen and oxygen atoms in total. The highest BCUT2D eigenvalue weighted by molar-refractivity contribution is 7.99. The van der Waals surface area contributed by atoms with E-state index in [0.717, 1.165) is 63.1 Å². The van der Waals surface area contributed by atoms with Gasteiger partial charge in [0.1, 0.15) is 0 Å². The van der Waals surface area contributed by atoms with E-state index in [4.69, 9.17) is 23.2 Å². The third-order valence-electron chi connectivity index (χ3n) is 8.78. The highest BCUT2D eigenvalue weighted by atomic mass is 35.5. The average Bonchev–Trinajstić information content (AvgIpc) is 3.62. The van der Waals surface area contributed by atoms with E-state index in [2.05, 4.69) is 155 Å². The smallest absolute Gasteiger partial charge is 0.0786 e. The van der Waals surface area contributed by atoms with Crippen molar-refractivity contribution in [3.63, 3.8) is 0 Å². The lowest BCUT2D eigenvalue weighted by Gasteiger charge is -2.15. The molecule has 0 saturated carbocycles. The molecule has 0 atom stereocenters. The summed E-state index contributed by atoms with van der Waals surface area (Å²) in [7, 11) is 0. The van der Waals surface area contributed by atoms with Crippen LogP contribution in [-0.4, -0.2) is 9.13 Å². The minimum absolute atomic E-state index is 0.725. The molecule has 0 unspecified atom stereocenters. The Kier molecular flexibility index (Phi) is 7.47. The van der Waals surface area contributed by atoms with Crippen LogP contribution in [0.4, 0.5) is 0 Å². The Balaban J connectivity index is 1.31. The Labute approximate surface area is 296 Å². The largest absolute Gasteiger partial charge is 0.308 e. The van der Waals surface area contributed by atoms with E-state index in [1.807, 2.05) is 12.1 Å². The van der Waals surface area contributed by atoms with Crippen molar-refractivity contribution in [2.75, 3.05) is 0 Å². The highest BCUT2D eigenvalue weighted by Gasteiger charge is 2.21. The molecule has 0 radical (unpaired) electrons. The number of nitrogens with zero attached hydrogens (tertiary/aromatic N) is 2. The molecule has 9 aromatic rings. The van der Waals surface area contributed by atoms with Gasteiger partial charge in [-0.05, 0) is 72.8 Å². The van der Waals surface area contributed by atoms with Crippen LogP contribution in [0.25, 0.3) is 55.0 Å². The first-order valence-corrected chi connectivity index (χ1v) is 18.0. The lowest BCUT2D eigenvalue weighted by atomic mass is 10.1. The van der Waals surface area contributed by atoms with Crippen molar-refractivity contribution >= 4 is 90.3 Å². The van der Waals surface area contributed by atoms with Gasteiger partial charge in [0.25, 0.3) is 0 Å². The third-order valence-corrected chi connectivity index (χ3v) is 11.9. The molecular weight excluding hydrogens is 668 g/mol. The zero-order valence-electron chi connectivity index (χ0n) is 25.5. The zero-order chi connectivity index (χ0) is 32.2. The molecule has 0 aliphatic carbocycles. The SMILES string of the molecule is Clc1c(Sc2ccccc2)cccc1-n1c2ccccc2c2cc3c4ccccc4n(-c4cccc(Sc5ccccc5)c4Cl)c3cc21. The van der Waals surface area contributed by atoms with Crippen LogP contribution in [0.1, 0.15) is 0 Å². The summed E-state index contributed by atoms with van der Waals surface area (Å²) in [6.07, 6.45) is 0. The Bertz CT molecular complexity index is 2460. The first-order chi connectivity index (χ1) is 23.7. The summed E-state index contributed by atoms with van der Waals surface area (Å²) >= 11 is 18.0. The van der Waals surface area contributed by atoms with Crippen molar-refractivity contribution in [1.82, 2.24) is 9.13 Å². The van der Waals surface area contributed by atoms with E-state index >= 15 is 0 Å². The summed E-state index contributed by atoms with van der Waals surface area (Å²) in [5, 5.41) is 6.17. The Morgan fingerprint density at radius 2 is 0.771 bits per heavy atom. The molecule has 2 aromatic heterocycles. The van der Waals surface area contributed by atoms with E-state index in [1.165, 1.54) is 21.5 Å². The maximum Gasteiger partial charge on any atom is 0.0786 e. The van der Waals surface area contributed by atoms with Gasteiger partial charge in [-0.3, -0.25) is 0 Å². The number of fused-ring (bicyclic) bond motifs is 6. The van der Waals surface area contributed by atoms with Crippen molar-refractivity contribution in [1.29, 1.82) is 0 Å². The number of rotatable bonds is 6.